The number of aliphatic hydroxyl groups excluding tert-OH is 1. The molecule has 0 radical (unpaired) electrons. The second-order valence-corrected chi connectivity index (χ2v) is 7.09. The first-order valence-corrected chi connectivity index (χ1v) is 8.57. The number of aliphatic hydroxyl groups is 1. The molecule has 0 amide bonds. The SMILES string of the molecule is CCCC1CCC(O)C(CN2CCC(C)C(OC)C2)C1. The highest BCUT2D eigenvalue weighted by Crippen LogP contribution is 2.33. The number of likely N-dealkylation sites (tertiary alicyclic amines) is 1. The molecule has 1 aliphatic heterocycles. The van der Waals surface area contributed by atoms with E-state index in [9.17, 15) is 5.11 Å². The first-order valence-electron chi connectivity index (χ1n) is 8.57. The Morgan fingerprint density at radius 2 is 2.05 bits per heavy atom. The van der Waals surface area contributed by atoms with Crippen LogP contribution < -0.4 is 0 Å². The maximum Gasteiger partial charge on any atom is 0.0724 e. The van der Waals surface area contributed by atoms with Gasteiger partial charge in [-0.25, -0.2) is 0 Å². The second kappa shape index (κ2) is 7.77. The van der Waals surface area contributed by atoms with Gasteiger partial charge in [-0.1, -0.05) is 26.7 Å². The molecule has 3 heteroatoms. The summed E-state index contributed by atoms with van der Waals surface area (Å²) in [4.78, 5) is 2.52. The van der Waals surface area contributed by atoms with Crippen LogP contribution in [0.5, 0.6) is 0 Å². The summed E-state index contributed by atoms with van der Waals surface area (Å²) in [6, 6.07) is 0. The zero-order valence-corrected chi connectivity index (χ0v) is 13.6. The number of ether oxygens (including phenoxy) is 1. The Morgan fingerprint density at radius 1 is 1.25 bits per heavy atom. The average molecular weight is 283 g/mol. The van der Waals surface area contributed by atoms with Crippen LogP contribution in [0.4, 0.5) is 0 Å². The van der Waals surface area contributed by atoms with Crippen LogP contribution in [0.1, 0.15) is 52.4 Å². The molecule has 1 saturated carbocycles. The lowest BCUT2D eigenvalue weighted by Gasteiger charge is -2.41. The fourth-order valence-corrected chi connectivity index (χ4v) is 4.11. The molecule has 0 aromatic rings. The molecular weight excluding hydrogens is 250 g/mol. The van der Waals surface area contributed by atoms with Crippen molar-refractivity contribution in [2.24, 2.45) is 17.8 Å². The Kier molecular flexibility index (Phi) is 6.31. The molecule has 0 aromatic heterocycles. The standard InChI is InChI=1S/C17H33NO2/c1-4-5-14-6-7-16(19)15(10-14)11-18-9-8-13(2)17(12-18)20-3/h13-17,19H,4-12H2,1-3H3. The van der Waals surface area contributed by atoms with Crippen molar-refractivity contribution in [3.8, 4) is 0 Å². The lowest BCUT2D eigenvalue weighted by atomic mass is 9.77. The van der Waals surface area contributed by atoms with Gasteiger partial charge in [0, 0.05) is 20.2 Å². The van der Waals surface area contributed by atoms with Crippen LogP contribution >= 0.6 is 0 Å². The maximum atomic E-state index is 10.3. The third-order valence-corrected chi connectivity index (χ3v) is 5.52. The fourth-order valence-electron chi connectivity index (χ4n) is 4.11. The zero-order valence-electron chi connectivity index (χ0n) is 13.6. The Morgan fingerprint density at radius 3 is 2.75 bits per heavy atom. The van der Waals surface area contributed by atoms with Crippen LogP contribution in [0, 0.1) is 17.8 Å². The molecule has 20 heavy (non-hydrogen) atoms. The summed E-state index contributed by atoms with van der Waals surface area (Å²) in [6.45, 7) is 7.84. The Hall–Kier alpha value is -0.120. The molecule has 2 rings (SSSR count). The number of hydrogen-bond acceptors (Lipinski definition) is 3. The summed E-state index contributed by atoms with van der Waals surface area (Å²) < 4.78 is 5.61. The van der Waals surface area contributed by atoms with Crippen molar-refractivity contribution in [2.45, 2.75) is 64.6 Å². The largest absolute Gasteiger partial charge is 0.393 e. The minimum absolute atomic E-state index is 0.0801. The maximum absolute atomic E-state index is 10.3. The predicted molar refractivity (Wildman–Crippen MR) is 82.8 cm³/mol. The van der Waals surface area contributed by atoms with Crippen molar-refractivity contribution in [2.75, 3.05) is 26.7 Å². The summed E-state index contributed by atoms with van der Waals surface area (Å²) in [5.74, 6) is 1.99. The minimum Gasteiger partial charge on any atom is -0.393 e. The van der Waals surface area contributed by atoms with E-state index in [1.54, 1.807) is 0 Å². The second-order valence-electron chi connectivity index (χ2n) is 7.09. The van der Waals surface area contributed by atoms with Gasteiger partial charge >= 0.3 is 0 Å². The van der Waals surface area contributed by atoms with Crippen molar-refractivity contribution in [3.05, 3.63) is 0 Å². The summed E-state index contributed by atoms with van der Waals surface area (Å²) >= 11 is 0. The molecule has 5 atom stereocenters. The molecule has 1 aliphatic carbocycles. The number of methoxy groups -OCH3 is 1. The molecule has 3 nitrogen and oxygen atoms in total. The van der Waals surface area contributed by atoms with Crippen molar-refractivity contribution in [3.63, 3.8) is 0 Å². The van der Waals surface area contributed by atoms with E-state index in [2.05, 4.69) is 18.7 Å². The van der Waals surface area contributed by atoms with Gasteiger partial charge in [0.25, 0.3) is 0 Å². The van der Waals surface area contributed by atoms with Gasteiger partial charge in [0.1, 0.15) is 0 Å². The zero-order chi connectivity index (χ0) is 14.5. The first-order chi connectivity index (χ1) is 9.63. The molecule has 0 aromatic carbocycles. The normalized spacial score (nSPS) is 39.9. The molecule has 1 N–H and O–H groups in total. The van der Waals surface area contributed by atoms with Crippen molar-refractivity contribution in [1.29, 1.82) is 0 Å². The summed E-state index contributed by atoms with van der Waals surface area (Å²) in [5, 5.41) is 10.3. The van der Waals surface area contributed by atoms with Crippen molar-refractivity contribution >= 4 is 0 Å². The Labute approximate surface area is 124 Å². The Balaban J connectivity index is 1.84. The molecule has 2 aliphatic rings. The molecule has 1 heterocycles. The average Bonchev–Trinajstić information content (AvgIpc) is 2.45. The monoisotopic (exact) mass is 283 g/mol. The van der Waals surface area contributed by atoms with Crippen LogP contribution in [-0.4, -0.2) is 49.0 Å². The first kappa shape index (κ1) is 16.3. The van der Waals surface area contributed by atoms with Crippen LogP contribution in [0.25, 0.3) is 0 Å². The van der Waals surface area contributed by atoms with Crippen molar-refractivity contribution < 1.29 is 9.84 Å². The van der Waals surface area contributed by atoms with E-state index in [-0.39, 0.29) is 6.10 Å². The van der Waals surface area contributed by atoms with Gasteiger partial charge in [-0.15, -0.1) is 0 Å². The van der Waals surface area contributed by atoms with Crippen LogP contribution in [0.15, 0.2) is 0 Å². The third-order valence-electron chi connectivity index (χ3n) is 5.52. The van der Waals surface area contributed by atoms with Gasteiger partial charge < -0.3 is 14.7 Å². The van der Waals surface area contributed by atoms with Gasteiger partial charge in [-0.2, -0.15) is 0 Å². The van der Waals surface area contributed by atoms with Crippen molar-refractivity contribution in [1.82, 2.24) is 4.90 Å². The molecule has 0 bridgehead atoms. The van der Waals surface area contributed by atoms with Gasteiger partial charge in [-0.05, 0) is 50.0 Å². The van der Waals surface area contributed by atoms with E-state index in [1.807, 2.05) is 7.11 Å². The quantitative estimate of drug-likeness (QED) is 0.842. The lowest BCUT2D eigenvalue weighted by Crippen LogP contribution is -2.47. The lowest BCUT2D eigenvalue weighted by molar-refractivity contribution is -0.0285. The van der Waals surface area contributed by atoms with Crippen LogP contribution in [0.3, 0.4) is 0 Å². The van der Waals surface area contributed by atoms with E-state index in [0.717, 1.165) is 25.4 Å². The van der Waals surface area contributed by atoms with E-state index < -0.39 is 0 Å². The molecular formula is C17H33NO2. The van der Waals surface area contributed by atoms with Gasteiger partial charge in [-0.3, -0.25) is 0 Å². The number of piperidine rings is 1. The van der Waals surface area contributed by atoms with E-state index in [1.165, 1.54) is 38.6 Å². The van der Waals surface area contributed by atoms with Gasteiger partial charge in [0.15, 0.2) is 0 Å². The molecule has 2 fully saturated rings. The highest BCUT2D eigenvalue weighted by Gasteiger charge is 2.33. The number of rotatable bonds is 5. The van der Waals surface area contributed by atoms with Gasteiger partial charge in [0.05, 0.1) is 12.2 Å². The minimum atomic E-state index is -0.0801. The van der Waals surface area contributed by atoms with E-state index >= 15 is 0 Å². The van der Waals surface area contributed by atoms with Crippen LogP contribution in [-0.2, 0) is 4.74 Å². The highest BCUT2D eigenvalue weighted by molar-refractivity contribution is 4.85. The summed E-state index contributed by atoms with van der Waals surface area (Å²) in [5.41, 5.74) is 0. The third kappa shape index (κ3) is 4.19. The number of hydrogen-bond donors (Lipinski definition) is 1. The molecule has 1 saturated heterocycles. The fraction of sp³-hybridized carbons (Fsp3) is 1.00. The molecule has 0 spiro atoms. The van der Waals surface area contributed by atoms with E-state index in [0.29, 0.717) is 17.9 Å². The highest BCUT2D eigenvalue weighted by atomic mass is 16.5. The molecule has 5 unspecified atom stereocenters. The summed E-state index contributed by atoms with van der Waals surface area (Å²) in [6.07, 6.45) is 7.58. The number of nitrogens with zero attached hydrogens (tertiary/aromatic N) is 1. The van der Waals surface area contributed by atoms with Gasteiger partial charge in [0.2, 0.25) is 0 Å². The Bertz CT molecular complexity index is 284. The summed E-state index contributed by atoms with van der Waals surface area (Å²) in [7, 11) is 1.83. The smallest absolute Gasteiger partial charge is 0.0724 e. The molecule has 118 valence electrons. The predicted octanol–water partition coefficient (Wildman–Crippen LogP) is 2.92. The van der Waals surface area contributed by atoms with Crippen LogP contribution in [0.2, 0.25) is 0 Å². The van der Waals surface area contributed by atoms with E-state index in [4.69, 9.17) is 4.74 Å². The topological polar surface area (TPSA) is 32.7 Å².